The molecule has 6 nitrogen and oxygen atoms in total. The van der Waals surface area contributed by atoms with Crippen molar-refractivity contribution in [1.82, 2.24) is 0 Å². The number of aliphatic carboxylic acids is 1. The van der Waals surface area contributed by atoms with Crippen LogP contribution < -0.4 is 0 Å². The SMILES string of the molecule is C=C.C=C.C=C.C=C.C=C.C=C.C=C.C=C.C=C.C=CC(=O)O.CC(O)CO.OCCO. The number of hydrogen-bond donors (Lipinski definition) is 5. The summed E-state index contributed by atoms with van der Waals surface area (Å²) in [6.45, 7) is 58.1. The number of hydrogen-bond acceptors (Lipinski definition) is 5. The zero-order valence-electron chi connectivity index (χ0n) is 20.9. The van der Waals surface area contributed by atoms with Gasteiger partial charge in [-0.3, -0.25) is 0 Å². The van der Waals surface area contributed by atoms with Gasteiger partial charge >= 0.3 is 5.97 Å². The van der Waals surface area contributed by atoms with Crippen LogP contribution in [0.4, 0.5) is 0 Å². The smallest absolute Gasteiger partial charge is 0.327 e. The van der Waals surface area contributed by atoms with Crippen LogP contribution in [0.2, 0.25) is 0 Å². The maximum absolute atomic E-state index is 9.25. The van der Waals surface area contributed by atoms with Crippen LogP contribution in [-0.2, 0) is 4.79 Å². The van der Waals surface area contributed by atoms with Gasteiger partial charge in [-0.15, -0.1) is 118 Å². The maximum atomic E-state index is 9.25. The van der Waals surface area contributed by atoms with E-state index in [1.165, 1.54) is 6.92 Å². The molecule has 194 valence electrons. The van der Waals surface area contributed by atoms with E-state index in [1.54, 1.807) is 0 Å². The summed E-state index contributed by atoms with van der Waals surface area (Å²) < 4.78 is 0. The Morgan fingerprint density at radius 2 is 0.719 bits per heavy atom. The highest BCUT2D eigenvalue weighted by molar-refractivity contribution is 5.78. The van der Waals surface area contributed by atoms with Crippen LogP contribution in [0, 0.1) is 0 Å². The molecule has 0 rings (SSSR count). The van der Waals surface area contributed by atoms with E-state index in [0.717, 1.165) is 6.08 Å². The summed E-state index contributed by atoms with van der Waals surface area (Å²) in [5, 5.41) is 38.9. The highest BCUT2D eigenvalue weighted by atomic mass is 16.4. The van der Waals surface area contributed by atoms with Crippen LogP contribution in [0.3, 0.4) is 0 Å². The van der Waals surface area contributed by atoms with Crippen molar-refractivity contribution in [2.45, 2.75) is 13.0 Å². The Hall–Kier alpha value is -3.29. The molecule has 0 bridgehead atoms. The largest absolute Gasteiger partial charge is 0.478 e. The van der Waals surface area contributed by atoms with Gasteiger partial charge in [-0.05, 0) is 6.92 Å². The van der Waals surface area contributed by atoms with E-state index in [2.05, 4.69) is 125 Å². The summed E-state index contributed by atoms with van der Waals surface area (Å²) in [7, 11) is 0. The Morgan fingerprint density at radius 1 is 0.625 bits per heavy atom. The van der Waals surface area contributed by atoms with Crippen molar-refractivity contribution < 1.29 is 30.3 Å². The van der Waals surface area contributed by atoms with Crippen LogP contribution in [0.1, 0.15) is 6.92 Å². The number of aliphatic hydroxyl groups excluding tert-OH is 4. The van der Waals surface area contributed by atoms with Gasteiger partial charge < -0.3 is 25.5 Å². The highest BCUT2D eigenvalue weighted by Crippen LogP contribution is 1.68. The summed E-state index contributed by atoms with van der Waals surface area (Å²) in [6.07, 6.45) is 0.273. The fraction of sp³-hybridized carbons (Fsp3) is 0.192. The number of aliphatic hydroxyl groups is 4. The molecular weight excluding hydrogens is 408 g/mol. The Kier molecular flexibility index (Phi) is 1080. The van der Waals surface area contributed by atoms with Gasteiger partial charge in [0.2, 0.25) is 0 Å². The number of carboxylic acids is 1. The molecule has 0 aliphatic carbocycles. The second kappa shape index (κ2) is 439. The lowest BCUT2D eigenvalue weighted by molar-refractivity contribution is -0.131. The molecule has 0 saturated carbocycles. The molecule has 0 fully saturated rings. The van der Waals surface area contributed by atoms with Gasteiger partial charge in [0.25, 0.3) is 0 Å². The molecule has 0 aromatic carbocycles. The van der Waals surface area contributed by atoms with E-state index in [0.29, 0.717) is 0 Å². The lowest BCUT2D eigenvalue weighted by atomic mass is 10.5. The summed E-state index contributed by atoms with van der Waals surface area (Å²) in [5.41, 5.74) is 0. The second-order valence-electron chi connectivity index (χ2n) is 2.02. The predicted octanol–water partition coefficient (Wildman–Crippen LogP) is 5.81. The van der Waals surface area contributed by atoms with Crippen LogP contribution >= 0.6 is 0 Å². The van der Waals surface area contributed by atoms with Gasteiger partial charge in [0.05, 0.1) is 25.9 Å². The molecule has 0 amide bonds. The second-order valence-corrected chi connectivity index (χ2v) is 2.02. The van der Waals surface area contributed by atoms with Crippen molar-refractivity contribution >= 4 is 5.97 Å². The van der Waals surface area contributed by atoms with Crippen molar-refractivity contribution in [3.05, 3.63) is 131 Å². The average molecular weight is 463 g/mol. The van der Waals surface area contributed by atoms with Crippen LogP contribution in [0.25, 0.3) is 0 Å². The lowest BCUT2D eigenvalue weighted by Gasteiger charge is -1.90. The molecule has 32 heavy (non-hydrogen) atoms. The summed E-state index contributed by atoms with van der Waals surface area (Å²) in [4.78, 5) is 9.25. The molecule has 1 unspecified atom stereocenters. The Balaban J connectivity index is -0.0000000141. The summed E-state index contributed by atoms with van der Waals surface area (Å²) >= 11 is 0. The van der Waals surface area contributed by atoms with E-state index in [1.807, 2.05) is 0 Å². The van der Waals surface area contributed by atoms with E-state index in [-0.39, 0.29) is 19.8 Å². The molecule has 0 aliphatic rings. The first kappa shape index (κ1) is 79.0. The zero-order chi connectivity index (χ0) is 30.0. The Bertz CT molecular complexity index is 204. The summed E-state index contributed by atoms with van der Waals surface area (Å²) in [6, 6.07) is 0. The first-order chi connectivity index (χ1) is 15.5. The highest BCUT2D eigenvalue weighted by Gasteiger charge is 1.83. The average Bonchev–Trinajstić information content (AvgIpc) is 2.94. The fourth-order valence-corrected chi connectivity index (χ4v) is 0. The zero-order valence-corrected chi connectivity index (χ0v) is 20.9. The third-order valence-corrected chi connectivity index (χ3v) is 0.539. The molecule has 0 aromatic rings. The molecule has 0 aromatic heterocycles. The standard InChI is InChI=1S/C3H8O2.C3H4O2.C2H6O2.9C2H4/c1-3(5)2-4;1-2-3(4)5;3-1-2-4;9*1-2/h3-5H,2H2,1H3;2H,1H2,(H,4,5);3-4H,1-2H2;9*1-2H2. The van der Waals surface area contributed by atoms with E-state index < -0.39 is 12.1 Å². The number of carboxylic acid groups (broad SMARTS) is 1. The van der Waals surface area contributed by atoms with Crippen LogP contribution in [0.15, 0.2) is 131 Å². The molecule has 0 radical (unpaired) electrons. The fourth-order valence-electron chi connectivity index (χ4n) is 0. The molecule has 1 atom stereocenters. The van der Waals surface area contributed by atoms with Gasteiger partial charge in [-0.2, -0.15) is 0 Å². The number of carbonyl (C=O) groups is 1. The Labute approximate surface area is 200 Å². The minimum absolute atomic E-state index is 0.125. The van der Waals surface area contributed by atoms with E-state index in [9.17, 15) is 4.79 Å². The molecule has 5 N–H and O–H groups in total. The van der Waals surface area contributed by atoms with Gasteiger partial charge in [0.15, 0.2) is 0 Å². The number of rotatable bonds is 3. The molecule has 0 aliphatic heterocycles. The minimum Gasteiger partial charge on any atom is -0.478 e. The first-order valence-corrected chi connectivity index (χ1v) is 8.32. The van der Waals surface area contributed by atoms with Gasteiger partial charge in [0, 0.05) is 6.08 Å². The quantitative estimate of drug-likeness (QED) is 0.267. The van der Waals surface area contributed by atoms with Crippen molar-refractivity contribution in [3.63, 3.8) is 0 Å². The molecule has 0 saturated heterocycles. The van der Waals surface area contributed by atoms with Gasteiger partial charge in [-0.1, -0.05) is 6.58 Å². The topological polar surface area (TPSA) is 118 Å². The van der Waals surface area contributed by atoms with E-state index >= 15 is 0 Å². The maximum Gasteiger partial charge on any atom is 0.327 e. The van der Waals surface area contributed by atoms with E-state index in [4.69, 9.17) is 25.5 Å². The van der Waals surface area contributed by atoms with Gasteiger partial charge in [-0.25, -0.2) is 4.79 Å². The minimum atomic E-state index is -0.981. The van der Waals surface area contributed by atoms with Crippen molar-refractivity contribution in [1.29, 1.82) is 0 Å². The molecular formula is C26H54O6. The van der Waals surface area contributed by atoms with Crippen LogP contribution in [0.5, 0.6) is 0 Å². The van der Waals surface area contributed by atoms with Crippen LogP contribution in [-0.4, -0.2) is 57.4 Å². The molecule has 0 spiro atoms. The Morgan fingerprint density at radius 3 is 0.719 bits per heavy atom. The first-order valence-electron chi connectivity index (χ1n) is 8.32. The molecule has 6 heteroatoms. The molecule has 0 heterocycles. The normalized spacial score (nSPS) is 5.41. The third-order valence-electron chi connectivity index (χ3n) is 0.539. The van der Waals surface area contributed by atoms with Gasteiger partial charge in [0.1, 0.15) is 0 Å². The van der Waals surface area contributed by atoms with Crippen molar-refractivity contribution in [2.24, 2.45) is 0 Å². The van der Waals surface area contributed by atoms with Crippen molar-refractivity contribution in [2.75, 3.05) is 19.8 Å². The summed E-state index contributed by atoms with van der Waals surface area (Å²) in [5.74, 6) is -0.981. The third kappa shape index (κ3) is 6040. The van der Waals surface area contributed by atoms with Crippen molar-refractivity contribution in [3.8, 4) is 0 Å². The predicted molar refractivity (Wildman–Crippen MR) is 152 cm³/mol. The lowest BCUT2D eigenvalue weighted by Crippen LogP contribution is -2.03. The monoisotopic (exact) mass is 462 g/mol.